The average molecular weight is 522 g/mol. The van der Waals surface area contributed by atoms with Gasteiger partial charge >= 0.3 is 6.61 Å². The normalized spacial score (nSPS) is 12.4. The zero-order valence-electron chi connectivity index (χ0n) is 20.7. The minimum absolute atomic E-state index is 0.119. The van der Waals surface area contributed by atoms with Gasteiger partial charge < -0.3 is 15.0 Å². The van der Waals surface area contributed by atoms with Crippen LogP contribution in [0.4, 0.5) is 14.5 Å². The van der Waals surface area contributed by atoms with Crippen molar-refractivity contribution in [1.29, 1.82) is 0 Å². The SMILES string of the molecule is C#CC1CC1.CN(C)C(=O)Cn1cc(NC(=O)c2cnn3cccnc23)c(-c2ccccc2OC(F)F)n1. The number of nitrogens with zero attached hydrogens (tertiary/aromatic N) is 6. The quantitative estimate of drug-likeness (QED) is 0.373. The number of hydrogen-bond acceptors (Lipinski definition) is 6. The van der Waals surface area contributed by atoms with Gasteiger partial charge in [-0.3, -0.25) is 14.3 Å². The Balaban J connectivity index is 0.000000603. The number of amides is 2. The average Bonchev–Trinajstić information content (AvgIpc) is 3.52. The first-order valence-corrected chi connectivity index (χ1v) is 11.6. The zero-order chi connectivity index (χ0) is 27.2. The number of benzene rings is 1. The van der Waals surface area contributed by atoms with Gasteiger partial charge in [-0.25, -0.2) is 9.50 Å². The molecule has 12 heteroatoms. The van der Waals surface area contributed by atoms with Crippen LogP contribution in [0.3, 0.4) is 0 Å². The van der Waals surface area contributed by atoms with Crippen LogP contribution in [0.5, 0.6) is 5.75 Å². The van der Waals surface area contributed by atoms with Crippen LogP contribution in [0.15, 0.2) is 55.1 Å². The van der Waals surface area contributed by atoms with E-state index in [9.17, 15) is 18.4 Å². The molecule has 3 aromatic heterocycles. The summed E-state index contributed by atoms with van der Waals surface area (Å²) < 4.78 is 33.3. The Morgan fingerprint density at radius 3 is 2.68 bits per heavy atom. The number of anilines is 1. The number of para-hydroxylation sites is 1. The zero-order valence-corrected chi connectivity index (χ0v) is 20.7. The van der Waals surface area contributed by atoms with Crippen molar-refractivity contribution >= 4 is 23.1 Å². The summed E-state index contributed by atoms with van der Waals surface area (Å²) in [6.07, 6.45) is 13.5. The van der Waals surface area contributed by atoms with Gasteiger partial charge in [0.05, 0.1) is 11.9 Å². The number of rotatable bonds is 7. The lowest BCUT2D eigenvalue weighted by molar-refractivity contribution is -0.129. The van der Waals surface area contributed by atoms with E-state index in [1.54, 1.807) is 32.4 Å². The maximum atomic E-state index is 13.0. The van der Waals surface area contributed by atoms with Crippen LogP contribution in [0.1, 0.15) is 23.2 Å². The molecule has 0 aliphatic heterocycles. The molecule has 0 spiro atoms. The van der Waals surface area contributed by atoms with E-state index in [1.165, 1.54) is 63.7 Å². The van der Waals surface area contributed by atoms with Crippen LogP contribution in [0.2, 0.25) is 0 Å². The number of ether oxygens (including phenoxy) is 1. The molecule has 0 atom stereocenters. The minimum atomic E-state index is -3.05. The number of aromatic nitrogens is 5. The molecule has 196 valence electrons. The van der Waals surface area contributed by atoms with E-state index in [4.69, 9.17) is 6.42 Å². The largest absolute Gasteiger partial charge is 0.434 e. The summed E-state index contributed by atoms with van der Waals surface area (Å²) in [6.45, 7) is -3.17. The fraction of sp³-hybridized carbons (Fsp3) is 0.269. The molecule has 0 radical (unpaired) electrons. The van der Waals surface area contributed by atoms with Crippen molar-refractivity contribution in [3.63, 3.8) is 0 Å². The number of terminal acetylenes is 1. The van der Waals surface area contributed by atoms with Crippen molar-refractivity contribution < 1.29 is 23.1 Å². The van der Waals surface area contributed by atoms with Gasteiger partial charge in [0.2, 0.25) is 5.91 Å². The summed E-state index contributed by atoms with van der Waals surface area (Å²) in [5.41, 5.74) is 1.13. The highest BCUT2D eigenvalue weighted by molar-refractivity contribution is 6.09. The van der Waals surface area contributed by atoms with Crippen molar-refractivity contribution in [2.75, 3.05) is 19.4 Å². The second-order valence-electron chi connectivity index (χ2n) is 8.59. The van der Waals surface area contributed by atoms with Crippen molar-refractivity contribution in [1.82, 2.24) is 29.3 Å². The molecule has 3 heterocycles. The molecule has 1 N–H and O–H groups in total. The fourth-order valence-corrected chi connectivity index (χ4v) is 3.36. The van der Waals surface area contributed by atoms with E-state index < -0.39 is 12.5 Å². The highest BCUT2D eigenvalue weighted by Crippen LogP contribution is 2.35. The Morgan fingerprint density at radius 2 is 2.03 bits per heavy atom. The van der Waals surface area contributed by atoms with Gasteiger partial charge in [-0.2, -0.15) is 19.0 Å². The number of nitrogens with one attached hydrogen (secondary N) is 1. The summed E-state index contributed by atoms with van der Waals surface area (Å²) in [6, 6.07) is 7.73. The van der Waals surface area contributed by atoms with Crippen LogP contribution in [0.25, 0.3) is 16.9 Å². The Labute approximate surface area is 217 Å². The third kappa shape index (κ3) is 6.31. The number of alkyl halides is 2. The van der Waals surface area contributed by atoms with E-state index in [2.05, 4.69) is 31.2 Å². The molecular formula is C26H25F2N7O3. The molecule has 10 nitrogen and oxygen atoms in total. The predicted octanol–water partition coefficient (Wildman–Crippen LogP) is 3.56. The van der Waals surface area contributed by atoms with Crippen LogP contribution < -0.4 is 10.1 Å². The molecule has 1 aliphatic carbocycles. The summed E-state index contributed by atoms with van der Waals surface area (Å²) in [5, 5.41) is 11.2. The molecule has 0 bridgehead atoms. The lowest BCUT2D eigenvalue weighted by Crippen LogP contribution is -2.26. The second-order valence-corrected chi connectivity index (χ2v) is 8.59. The van der Waals surface area contributed by atoms with Crippen LogP contribution in [0, 0.1) is 18.3 Å². The van der Waals surface area contributed by atoms with E-state index in [0.717, 1.165) is 0 Å². The van der Waals surface area contributed by atoms with Crippen LogP contribution in [-0.2, 0) is 11.3 Å². The number of carbonyl (C=O) groups excluding carboxylic acids is 2. The molecule has 1 aliphatic rings. The monoisotopic (exact) mass is 521 g/mol. The first kappa shape index (κ1) is 26.3. The molecule has 38 heavy (non-hydrogen) atoms. The molecule has 0 unspecified atom stereocenters. The summed E-state index contributed by atoms with van der Waals surface area (Å²) in [4.78, 5) is 30.7. The Morgan fingerprint density at radius 1 is 1.26 bits per heavy atom. The van der Waals surface area contributed by atoms with Gasteiger partial charge in [0.15, 0.2) is 5.65 Å². The molecule has 1 saturated carbocycles. The molecule has 0 saturated heterocycles. The second kappa shape index (κ2) is 11.5. The Kier molecular flexibility index (Phi) is 7.96. The van der Waals surface area contributed by atoms with Gasteiger partial charge in [-0.1, -0.05) is 12.1 Å². The maximum absolute atomic E-state index is 13.0. The summed E-state index contributed by atoms with van der Waals surface area (Å²) in [5.74, 6) is 2.40. The van der Waals surface area contributed by atoms with Crippen molar-refractivity contribution in [2.24, 2.45) is 5.92 Å². The van der Waals surface area contributed by atoms with E-state index in [-0.39, 0.29) is 40.7 Å². The third-order valence-corrected chi connectivity index (χ3v) is 5.50. The molecule has 4 aromatic rings. The number of carbonyl (C=O) groups is 2. The lowest BCUT2D eigenvalue weighted by atomic mass is 10.1. The highest BCUT2D eigenvalue weighted by atomic mass is 19.3. The van der Waals surface area contributed by atoms with Gasteiger partial charge in [-0.15, -0.1) is 12.3 Å². The number of halogens is 2. The number of fused-ring (bicyclic) bond motifs is 1. The minimum Gasteiger partial charge on any atom is -0.434 e. The Bertz CT molecular complexity index is 1490. The standard InChI is InChI=1S/C21H19F2N7O3.C5H6/c1-28(2)17(31)12-29-11-15(18(27-29)13-6-3-4-7-16(13)33-21(22)23)26-20(32)14-10-25-30-9-5-8-24-19(14)30;1-2-5-3-4-5/h3-11,21H,12H2,1-2H3,(H,26,32);1,5H,3-4H2. The smallest absolute Gasteiger partial charge is 0.387 e. The number of likely N-dealkylation sites (N-methyl/N-ethyl adjacent to an activating group) is 1. The third-order valence-electron chi connectivity index (χ3n) is 5.50. The van der Waals surface area contributed by atoms with Gasteiger partial charge in [0.25, 0.3) is 5.91 Å². The summed E-state index contributed by atoms with van der Waals surface area (Å²) in [7, 11) is 3.19. The number of hydrogen-bond donors (Lipinski definition) is 1. The van der Waals surface area contributed by atoms with Crippen LogP contribution in [-0.4, -0.2) is 61.8 Å². The molecule has 1 aromatic carbocycles. The summed E-state index contributed by atoms with van der Waals surface area (Å²) >= 11 is 0. The van der Waals surface area contributed by atoms with Crippen molar-refractivity contribution in [3.05, 3.63) is 60.7 Å². The van der Waals surface area contributed by atoms with Crippen molar-refractivity contribution in [3.8, 4) is 29.4 Å². The molecule has 2 amide bonds. The van der Waals surface area contributed by atoms with Gasteiger partial charge in [0.1, 0.15) is 23.6 Å². The predicted molar refractivity (Wildman–Crippen MR) is 135 cm³/mol. The van der Waals surface area contributed by atoms with E-state index >= 15 is 0 Å². The Hall–Kier alpha value is -4.79. The molecule has 1 fully saturated rings. The molecule has 5 rings (SSSR count). The van der Waals surface area contributed by atoms with Crippen LogP contribution >= 0.6 is 0 Å². The van der Waals surface area contributed by atoms with Gasteiger partial charge in [0, 0.05) is 44.2 Å². The van der Waals surface area contributed by atoms with E-state index in [1.807, 2.05) is 0 Å². The molecular weight excluding hydrogens is 496 g/mol. The highest BCUT2D eigenvalue weighted by Gasteiger charge is 2.22. The van der Waals surface area contributed by atoms with Crippen molar-refractivity contribution in [2.45, 2.75) is 26.0 Å². The fourth-order valence-electron chi connectivity index (χ4n) is 3.36. The first-order chi connectivity index (χ1) is 18.3. The lowest BCUT2D eigenvalue weighted by Gasteiger charge is -2.11. The first-order valence-electron chi connectivity index (χ1n) is 11.6. The van der Waals surface area contributed by atoms with Gasteiger partial charge in [-0.05, 0) is 31.0 Å². The van der Waals surface area contributed by atoms with E-state index in [0.29, 0.717) is 11.6 Å². The topological polar surface area (TPSA) is 107 Å². The maximum Gasteiger partial charge on any atom is 0.387 e.